The lowest BCUT2D eigenvalue weighted by Crippen LogP contribution is -2.30. The molecule has 0 aliphatic heterocycles. The molecule has 2 aromatic rings. The SMILES string of the molecule is COc1ccccc1OC(C)C(=O)Nc1ccccc1OC(C)C. The third kappa shape index (κ3) is 4.65. The molecule has 128 valence electrons. The van der Waals surface area contributed by atoms with Gasteiger partial charge in [0.05, 0.1) is 18.9 Å². The molecule has 0 saturated heterocycles. The van der Waals surface area contributed by atoms with Gasteiger partial charge in [0, 0.05) is 0 Å². The quantitative estimate of drug-likeness (QED) is 0.837. The van der Waals surface area contributed by atoms with Gasteiger partial charge in [0.1, 0.15) is 5.75 Å². The van der Waals surface area contributed by atoms with Gasteiger partial charge >= 0.3 is 0 Å². The van der Waals surface area contributed by atoms with E-state index in [4.69, 9.17) is 14.2 Å². The van der Waals surface area contributed by atoms with Crippen molar-refractivity contribution in [2.75, 3.05) is 12.4 Å². The molecule has 0 heterocycles. The average Bonchev–Trinajstić information content (AvgIpc) is 2.56. The molecule has 0 spiro atoms. The molecule has 0 fully saturated rings. The van der Waals surface area contributed by atoms with Crippen molar-refractivity contribution in [1.82, 2.24) is 0 Å². The predicted molar refractivity (Wildman–Crippen MR) is 93.9 cm³/mol. The lowest BCUT2D eigenvalue weighted by Gasteiger charge is -2.18. The Bertz CT molecular complexity index is 685. The monoisotopic (exact) mass is 329 g/mol. The van der Waals surface area contributed by atoms with Crippen LogP contribution in [0.25, 0.3) is 0 Å². The minimum absolute atomic E-state index is 0.0188. The first-order valence-corrected chi connectivity index (χ1v) is 7.87. The van der Waals surface area contributed by atoms with Gasteiger partial charge in [-0.15, -0.1) is 0 Å². The van der Waals surface area contributed by atoms with Crippen LogP contribution in [0.4, 0.5) is 5.69 Å². The summed E-state index contributed by atoms with van der Waals surface area (Å²) in [6.45, 7) is 5.56. The molecule has 0 saturated carbocycles. The number of carbonyl (C=O) groups is 1. The van der Waals surface area contributed by atoms with Crippen molar-refractivity contribution in [3.63, 3.8) is 0 Å². The highest BCUT2D eigenvalue weighted by molar-refractivity contribution is 5.95. The van der Waals surface area contributed by atoms with Gasteiger partial charge in [-0.1, -0.05) is 24.3 Å². The Morgan fingerprint density at radius 2 is 1.46 bits per heavy atom. The lowest BCUT2D eigenvalue weighted by atomic mass is 10.2. The van der Waals surface area contributed by atoms with Gasteiger partial charge in [0.15, 0.2) is 17.6 Å². The van der Waals surface area contributed by atoms with E-state index >= 15 is 0 Å². The summed E-state index contributed by atoms with van der Waals surface area (Å²) in [5, 5.41) is 2.84. The number of carbonyl (C=O) groups excluding carboxylic acids is 1. The molecule has 0 aromatic heterocycles. The second-order valence-electron chi connectivity index (χ2n) is 5.56. The minimum atomic E-state index is -0.687. The summed E-state index contributed by atoms with van der Waals surface area (Å²) in [4.78, 5) is 12.4. The van der Waals surface area contributed by atoms with Crippen molar-refractivity contribution >= 4 is 11.6 Å². The minimum Gasteiger partial charge on any atom is -0.493 e. The molecule has 5 heteroatoms. The zero-order valence-electron chi connectivity index (χ0n) is 14.4. The smallest absolute Gasteiger partial charge is 0.265 e. The summed E-state index contributed by atoms with van der Waals surface area (Å²) in [6, 6.07) is 14.5. The first-order valence-electron chi connectivity index (χ1n) is 7.87. The summed E-state index contributed by atoms with van der Waals surface area (Å²) in [5.41, 5.74) is 0.617. The van der Waals surface area contributed by atoms with Gasteiger partial charge in [-0.2, -0.15) is 0 Å². The molecular formula is C19H23NO4. The van der Waals surface area contributed by atoms with Crippen LogP contribution in [0.15, 0.2) is 48.5 Å². The van der Waals surface area contributed by atoms with E-state index in [1.54, 1.807) is 32.2 Å². The molecule has 0 aliphatic carbocycles. The highest BCUT2D eigenvalue weighted by Crippen LogP contribution is 2.28. The number of anilines is 1. The number of benzene rings is 2. The molecule has 1 atom stereocenters. The second-order valence-corrected chi connectivity index (χ2v) is 5.56. The van der Waals surface area contributed by atoms with Crippen LogP contribution in [0.2, 0.25) is 0 Å². The van der Waals surface area contributed by atoms with Crippen LogP contribution in [-0.4, -0.2) is 25.2 Å². The highest BCUT2D eigenvalue weighted by atomic mass is 16.5. The predicted octanol–water partition coefficient (Wildman–Crippen LogP) is 3.89. The van der Waals surface area contributed by atoms with Crippen molar-refractivity contribution in [2.24, 2.45) is 0 Å². The molecule has 1 amide bonds. The zero-order chi connectivity index (χ0) is 17.5. The summed E-state index contributed by atoms with van der Waals surface area (Å²) in [7, 11) is 1.56. The Kier molecular flexibility index (Phi) is 6.07. The van der Waals surface area contributed by atoms with Gasteiger partial charge in [-0.3, -0.25) is 4.79 Å². The van der Waals surface area contributed by atoms with Gasteiger partial charge in [0.2, 0.25) is 0 Å². The number of ether oxygens (including phenoxy) is 3. The molecule has 2 aromatic carbocycles. The van der Waals surface area contributed by atoms with Crippen LogP contribution in [0, 0.1) is 0 Å². The topological polar surface area (TPSA) is 56.8 Å². The van der Waals surface area contributed by atoms with Crippen molar-refractivity contribution in [3.05, 3.63) is 48.5 Å². The van der Waals surface area contributed by atoms with E-state index in [2.05, 4.69) is 5.32 Å². The van der Waals surface area contributed by atoms with Gasteiger partial charge in [-0.05, 0) is 45.0 Å². The molecule has 24 heavy (non-hydrogen) atoms. The van der Waals surface area contributed by atoms with Crippen LogP contribution in [0.1, 0.15) is 20.8 Å². The Labute approximate surface area is 142 Å². The fraction of sp³-hybridized carbons (Fsp3) is 0.316. The fourth-order valence-electron chi connectivity index (χ4n) is 2.12. The number of amides is 1. The first-order chi connectivity index (χ1) is 11.5. The van der Waals surface area contributed by atoms with Gasteiger partial charge < -0.3 is 19.5 Å². The van der Waals surface area contributed by atoms with Crippen LogP contribution < -0.4 is 19.5 Å². The van der Waals surface area contributed by atoms with E-state index in [1.165, 1.54) is 0 Å². The maximum Gasteiger partial charge on any atom is 0.265 e. The number of nitrogens with one attached hydrogen (secondary N) is 1. The van der Waals surface area contributed by atoms with Gasteiger partial charge in [0.25, 0.3) is 5.91 Å². The molecule has 0 aliphatic rings. The molecule has 0 bridgehead atoms. The van der Waals surface area contributed by atoms with Crippen molar-refractivity contribution in [1.29, 1.82) is 0 Å². The summed E-state index contributed by atoms with van der Waals surface area (Å²) in [6.07, 6.45) is -0.668. The standard InChI is InChI=1S/C19H23NO4/c1-13(2)23-16-10-6-5-9-15(16)20-19(21)14(3)24-18-12-8-7-11-17(18)22-4/h5-14H,1-4H3,(H,20,21). The van der Waals surface area contributed by atoms with E-state index in [0.717, 1.165) is 0 Å². The number of methoxy groups -OCH3 is 1. The Balaban J connectivity index is 2.07. The molecule has 0 radical (unpaired) electrons. The molecule has 5 nitrogen and oxygen atoms in total. The number of hydrogen-bond donors (Lipinski definition) is 1. The van der Waals surface area contributed by atoms with E-state index in [9.17, 15) is 4.79 Å². The third-order valence-corrected chi connectivity index (χ3v) is 3.25. The van der Waals surface area contributed by atoms with Crippen molar-refractivity contribution in [2.45, 2.75) is 33.0 Å². The highest BCUT2D eigenvalue weighted by Gasteiger charge is 2.18. The van der Waals surface area contributed by atoms with E-state index in [1.807, 2.05) is 44.2 Å². The lowest BCUT2D eigenvalue weighted by molar-refractivity contribution is -0.122. The molecule has 1 unspecified atom stereocenters. The van der Waals surface area contributed by atoms with Crippen LogP contribution >= 0.6 is 0 Å². The van der Waals surface area contributed by atoms with Gasteiger partial charge in [-0.25, -0.2) is 0 Å². The normalized spacial score (nSPS) is 11.7. The average molecular weight is 329 g/mol. The van der Waals surface area contributed by atoms with E-state index in [0.29, 0.717) is 22.9 Å². The fourth-order valence-corrected chi connectivity index (χ4v) is 2.12. The maximum absolute atomic E-state index is 12.4. The summed E-state index contributed by atoms with van der Waals surface area (Å²) in [5.74, 6) is 1.47. The van der Waals surface area contributed by atoms with E-state index < -0.39 is 6.10 Å². The maximum atomic E-state index is 12.4. The molecule has 1 N–H and O–H groups in total. The number of para-hydroxylation sites is 4. The third-order valence-electron chi connectivity index (χ3n) is 3.25. The number of rotatable bonds is 7. The Hall–Kier alpha value is -2.69. The van der Waals surface area contributed by atoms with Crippen LogP contribution in [0.3, 0.4) is 0 Å². The van der Waals surface area contributed by atoms with Crippen LogP contribution in [-0.2, 0) is 4.79 Å². The van der Waals surface area contributed by atoms with Crippen LogP contribution in [0.5, 0.6) is 17.2 Å². The summed E-state index contributed by atoms with van der Waals surface area (Å²) < 4.78 is 16.6. The summed E-state index contributed by atoms with van der Waals surface area (Å²) >= 11 is 0. The molecular weight excluding hydrogens is 306 g/mol. The Morgan fingerprint density at radius 3 is 2.08 bits per heavy atom. The zero-order valence-corrected chi connectivity index (χ0v) is 14.4. The number of hydrogen-bond acceptors (Lipinski definition) is 4. The Morgan fingerprint density at radius 1 is 0.875 bits per heavy atom. The van der Waals surface area contributed by atoms with Crippen molar-refractivity contribution in [3.8, 4) is 17.2 Å². The second kappa shape index (κ2) is 8.24. The molecule has 2 rings (SSSR count). The largest absolute Gasteiger partial charge is 0.493 e. The van der Waals surface area contributed by atoms with E-state index in [-0.39, 0.29) is 12.0 Å². The van der Waals surface area contributed by atoms with Crippen molar-refractivity contribution < 1.29 is 19.0 Å². The first kappa shape index (κ1) is 17.7.